The van der Waals surface area contributed by atoms with E-state index in [4.69, 9.17) is 10.5 Å². The molecule has 1 aromatic rings. The summed E-state index contributed by atoms with van der Waals surface area (Å²) in [4.78, 5) is 13.8. The lowest BCUT2D eigenvalue weighted by atomic mass is 10.1. The quantitative estimate of drug-likeness (QED) is 0.597. The summed E-state index contributed by atoms with van der Waals surface area (Å²) in [5.41, 5.74) is 1.45. The third kappa shape index (κ3) is 3.00. The molecule has 1 fully saturated rings. The molecule has 0 aromatic heterocycles. The fraction of sp³-hybridized carbons (Fsp3) is 0.267. The molecule has 4 nitrogen and oxygen atoms in total. The van der Waals surface area contributed by atoms with Crippen molar-refractivity contribution in [3.8, 4) is 12.1 Å². The second-order valence-corrected chi connectivity index (χ2v) is 4.40. The minimum atomic E-state index is -0.204. The van der Waals surface area contributed by atoms with Crippen LogP contribution in [0.1, 0.15) is 24.0 Å². The van der Waals surface area contributed by atoms with E-state index in [0.29, 0.717) is 5.56 Å². The molecule has 1 amide bonds. The van der Waals surface area contributed by atoms with Crippen LogP contribution in [0.3, 0.4) is 0 Å². The number of amides is 1. The maximum absolute atomic E-state index is 12.1. The van der Waals surface area contributed by atoms with Crippen LogP contribution in [0.15, 0.2) is 29.8 Å². The zero-order valence-electron chi connectivity index (χ0n) is 10.5. The summed E-state index contributed by atoms with van der Waals surface area (Å²) in [6, 6.07) is 10.8. The van der Waals surface area contributed by atoms with E-state index in [2.05, 4.69) is 0 Å². The van der Waals surface area contributed by atoms with Crippen LogP contribution >= 0.6 is 0 Å². The number of benzene rings is 1. The maximum Gasteiger partial charge on any atom is 0.264 e. The number of nitrogens with zero attached hydrogens (tertiary/aromatic N) is 3. The third-order valence-corrected chi connectivity index (χ3v) is 3.09. The largest absolute Gasteiger partial charge is 0.338 e. The molecule has 4 heteroatoms. The fourth-order valence-electron chi connectivity index (χ4n) is 2.05. The first-order valence-electron chi connectivity index (χ1n) is 6.16. The normalized spacial score (nSPS) is 14.8. The number of carbonyl (C=O) groups excluding carboxylic acids is 1. The highest BCUT2D eigenvalue weighted by Crippen LogP contribution is 2.14. The molecule has 0 atom stereocenters. The molecule has 0 unspecified atom stereocenters. The molecule has 1 aliphatic rings. The van der Waals surface area contributed by atoms with E-state index < -0.39 is 0 Å². The molecule has 0 N–H and O–H groups in total. The molecule has 19 heavy (non-hydrogen) atoms. The highest BCUT2D eigenvalue weighted by molar-refractivity contribution is 6.01. The van der Waals surface area contributed by atoms with Crippen molar-refractivity contribution < 1.29 is 4.79 Å². The van der Waals surface area contributed by atoms with E-state index in [-0.39, 0.29) is 11.5 Å². The van der Waals surface area contributed by atoms with E-state index in [1.165, 1.54) is 0 Å². The maximum atomic E-state index is 12.1. The molecular weight excluding hydrogens is 238 g/mol. The van der Waals surface area contributed by atoms with Gasteiger partial charge in [0.15, 0.2) is 0 Å². The predicted molar refractivity (Wildman–Crippen MR) is 70.6 cm³/mol. The molecular formula is C15H13N3O. The zero-order valence-corrected chi connectivity index (χ0v) is 10.5. The molecule has 2 rings (SSSR count). The van der Waals surface area contributed by atoms with Gasteiger partial charge in [0, 0.05) is 13.1 Å². The highest BCUT2D eigenvalue weighted by Gasteiger charge is 2.21. The van der Waals surface area contributed by atoms with Gasteiger partial charge in [-0.25, -0.2) is 0 Å². The molecule has 1 saturated heterocycles. The molecule has 1 aliphatic heterocycles. The Kier molecular flexibility index (Phi) is 3.95. The molecule has 0 aliphatic carbocycles. The van der Waals surface area contributed by atoms with Crippen LogP contribution in [0.25, 0.3) is 6.08 Å². The van der Waals surface area contributed by atoms with Gasteiger partial charge < -0.3 is 4.90 Å². The van der Waals surface area contributed by atoms with Gasteiger partial charge >= 0.3 is 0 Å². The average Bonchev–Trinajstić information content (AvgIpc) is 2.99. The van der Waals surface area contributed by atoms with Gasteiger partial charge in [-0.2, -0.15) is 10.5 Å². The van der Waals surface area contributed by atoms with Gasteiger partial charge in [-0.3, -0.25) is 4.79 Å². The second kappa shape index (κ2) is 5.84. The lowest BCUT2D eigenvalue weighted by Crippen LogP contribution is -2.28. The van der Waals surface area contributed by atoms with E-state index in [0.717, 1.165) is 31.5 Å². The molecule has 1 heterocycles. The average molecular weight is 251 g/mol. The summed E-state index contributed by atoms with van der Waals surface area (Å²) >= 11 is 0. The number of nitriles is 2. The Morgan fingerprint density at radius 3 is 2.32 bits per heavy atom. The van der Waals surface area contributed by atoms with Crippen molar-refractivity contribution in [2.45, 2.75) is 12.8 Å². The smallest absolute Gasteiger partial charge is 0.264 e. The Morgan fingerprint density at radius 2 is 1.79 bits per heavy atom. The fourth-order valence-corrected chi connectivity index (χ4v) is 2.05. The number of hydrogen-bond acceptors (Lipinski definition) is 3. The highest BCUT2D eigenvalue weighted by atomic mass is 16.2. The minimum absolute atomic E-state index is 0.145. The van der Waals surface area contributed by atoms with Crippen LogP contribution in [0.2, 0.25) is 0 Å². The van der Waals surface area contributed by atoms with Crippen molar-refractivity contribution in [3.63, 3.8) is 0 Å². The lowest BCUT2D eigenvalue weighted by molar-refractivity contribution is -0.125. The summed E-state index contributed by atoms with van der Waals surface area (Å²) in [5, 5.41) is 17.8. The molecule has 0 spiro atoms. The van der Waals surface area contributed by atoms with Crippen LogP contribution in [-0.4, -0.2) is 23.9 Å². The molecule has 94 valence electrons. The summed E-state index contributed by atoms with van der Waals surface area (Å²) in [7, 11) is 0. The van der Waals surface area contributed by atoms with E-state index in [1.807, 2.05) is 12.1 Å². The summed E-state index contributed by atoms with van der Waals surface area (Å²) < 4.78 is 0. The number of likely N-dealkylation sites (tertiary alicyclic amines) is 1. The summed E-state index contributed by atoms with van der Waals surface area (Å²) in [6.45, 7) is 1.45. The first kappa shape index (κ1) is 12.9. The zero-order chi connectivity index (χ0) is 13.7. The Morgan fingerprint density at radius 1 is 1.16 bits per heavy atom. The Labute approximate surface area is 112 Å². The van der Waals surface area contributed by atoms with Gasteiger partial charge in [0.25, 0.3) is 5.91 Å². The summed E-state index contributed by atoms with van der Waals surface area (Å²) in [6.07, 6.45) is 3.57. The van der Waals surface area contributed by atoms with Crippen molar-refractivity contribution in [3.05, 3.63) is 41.0 Å². The third-order valence-electron chi connectivity index (χ3n) is 3.09. The van der Waals surface area contributed by atoms with Gasteiger partial charge in [0.1, 0.15) is 11.6 Å². The first-order valence-corrected chi connectivity index (χ1v) is 6.16. The first-order chi connectivity index (χ1) is 9.24. The molecule has 0 radical (unpaired) electrons. The van der Waals surface area contributed by atoms with Crippen LogP contribution in [0.5, 0.6) is 0 Å². The van der Waals surface area contributed by atoms with E-state index in [1.54, 1.807) is 35.2 Å². The predicted octanol–water partition coefficient (Wildman–Crippen LogP) is 2.09. The van der Waals surface area contributed by atoms with Crippen molar-refractivity contribution in [1.82, 2.24) is 4.90 Å². The molecule has 0 bridgehead atoms. The van der Waals surface area contributed by atoms with Crippen LogP contribution in [0, 0.1) is 22.7 Å². The number of rotatable bonds is 2. The van der Waals surface area contributed by atoms with Gasteiger partial charge in [0.05, 0.1) is 11.6 Å². The number of hydrogen-bond donors (Lipinski definition) is 0. The Hall–Kier alpha value is -2.59. The Balaban J connectivity index is 2.20. The summed E-state index contributed by atoms with van der Waals surface area (Å²) in [5.74, 6) is -0.204. The van der Waals surface area contributed by atoms with Gasteiger partial charge in [-0.05, 0) is 36.6 Å². The standard InChI is InChI=1S/C15H13N3O/c16-10-13-5-3-12(4-6-13)9-14(11-17)15(19)18-7-1-2-8-18/h3-6,9H,1-2,7-8H2/b14-9+. The minimum Gasteiger partial charge on any atom is -0.338 e. The second-order valence-electron chi connectivity index (χ2n) is 4.40. The van der Waals surface area contributed by atoms with Crippen molar-refractivity contribution in [2.24, 2.45) is 0 Å². The monoisotopic (exact) mass is 251 g/mol. The van der Waals surface area contributed by atoms with Crippen LogP contribution < -0.4 is 0 Å². The van der Waals surface area contributed by atoms with Gasteiger partial charge in [-0.1, -0.05) is 12.1 Å². The van der Waals surface area contributed by atoms with Crippen LogP contribution in [0.4, 0.5) is 0 Å². The van der Waals surface area contributed by atoms with Gasteiger partial charge in [0.2, 0.25) is 0 Å². The van der Waals surface area contributed by atoms with Crippen molar-refractivity contribution in [2.75, 3.05) is 13.1 Å². The molecule has 1 aromatic carbocycles. The van der Waals surface area contributed by atoms with Crippen molar-refractivity contribution in [1.29, 1.82) is 10.5 Å². The van der Waals surface area contributed by atoms with E-state index >= 15 is 0 Å². The topological polar surface area (TPSA) is 67.9 Å². The lowest BCUT2D eigenvalue weighted by Gasteiger charge is -2.13. The number of carbonyl (C=O) groups is 1. The van der Waals surface area contributed by atoms with E-state index in [9.17, 15) is 4.79 Å². The SMILES string of the molecule is N#C/C(=C\c1ccc(C#N)cc1)C(=O)N1CCCC1. The van der Waals surface area contributed by atoms with Crippen LogP contribution in [-0.2, 0) is 4.79 Å². The molecule has 0 saturated carbocycles. The Bertz CT molecular complexity index is 581. The van der Waals surface area contributed by atoms with Gasteiger partial charge in [-0.15, -0.1) is 0 Å². The van der Waals surface area contributed by atoms with Crippen molar-refractivity contribution >= 4 is 12.0 Å².